The van der Waals surface area contributed by atoms with Crippen LogP contribution in [0.3, 0.4) is 0 Å². The summed E-state index contributed by atoms with van der Waals surface area (Å²) in [5.41, 5.74) is 5.66. The summed E-state index contributed by atoms with van der Waals surface area (Å²) in [4.78, 5) is 73.5. The second-order valence-corrected chi connectivity index (χ2v) is 14.4. The van der Waals surface area contributed by atoms with Gasteiger partial charge in [-0.25, -0.2) is 19.8 Å². The first-order valence-electron chi connectivity index (χ1n) is 19.1. The van der Waals surface area contributed by atoms with Gasteiger partial charge in [-0.15, -0.1) is 0 Å². The number of rotatable bonds is 11. The number of H-pyrrole nitrogens is 2. The minimum absolute atomic E-state index is 0.0210. The lowest BCUT2D eigenvalue weighted by Crippen LogP contribution is -2.42. The van der Waals surface area contributed by atoms with Gasteiger partial charge in [-0.1, -0.05) is 68.2 Å². The number of carbonyl (C=O) groups excluding carboxylic acids is 3. The van der Waals surface area contributed by atoms with Crippen molar-refractivity contribution in [2.45, 2.75) is 63.7 Å². The molecule has 2 aromatic heterocycles. The van der Waals surface area contributed by atoms with Gasteiger partial charge in [0.25, 0.3) is 5.91 Å². The number of aromatic amines is 2. The molecule has 0 radical (unpaired) electrons. The van der Waals surface area contributed by atoms with E-state index >= 15 is 0 Å². The van der Waals surface area contributed by atoms with Crippen molar-refractivity contribution in [1.29, 1.82) is 0 Å². The maximum Gasteiger partial charge on any atom is 0.407 e. The highest BCUT2D eigenvalue weighted by Crippen LogP contribution is 2.35. The molecule has 14 nitrogen and oxygen atoms in total. The molecule has 14 heteroatoms. The van der Waals surface area contributed by atoms with Gasteiger partial charge in [0.15, 0.2) is 0 Å². The van der Waals surface area contributed by atoms with Gasteiger partial charge >= 0.3 is 6.09 Å². The second kappa shape index (κ2) is 17.6. The van der Waals surface area contributed by atoms with Gasteiger partial charge in [-0.2, -0.15) is 4.89 Å². The van der Waals surface area contributed by atoms with Crippen molar-refractivity contribution in [3.63, 3.8) is 0 Å². The highest BCUT2D eigenvalue weighted by atomic mass is 17.2. The average molecular weight is 771 g/mol. The van der Waals surface area contributed by atoms with Gasteiger partial charge in [0.1, 0.15) is 23.7 Å². The number of benzene rings is 3. The van der Waals surface area contributed by atoms with Crippen LogP contribution in [0.2, 0.25) is 0 Å². The van der Waals surface area contributed by atoms with Crippen LogP contribution in [-0.4, -0.2) is 87.4 Å². The lowest BCUT2D eigenvalue weighted by molar-refractivity contribution is -0.188. The minimum atomic E-state index is -0.882. The van der Waals surface area contributed by atoms with E-state index in [-0.39, 0.29) is 29.8 Å². The number of imidazole rings is 2. The number of likely N-dealkylation sites (tertiary alicyclic amines) is 2. The number of hydrogen-bond acceptors (Lipinski definition) is 9. The van der Waals surface area contributed by atoms with Crippen molar-refractivity contribution in [2.75, 3.05) is 27.3 Å². The fraction of sp³-hybridized carbons (Fsp3) is 0.349. The Morgan fingerprint density at radius 3 is 2.26 bits per heavy atom. The summed E-state index contributed by atoms with van der Waals surface area (Å²) in [6, 6.07) is 21.0. The number of methoxy groups -OCH3 is 1. The smallest absolute Gasteiger partial charge is 0.407 e. The normalized spacial score (nSPS) is 17.8. The van der Waals surface area contributed by atoms with Gasteiger partial charge in [0.05, 0.1) is 43.0 Å². The van der Waals surface area contributed by atoms with Gasteiger partial charge in [0, 0.05) is 36.0 Å². The van der Waals surface area contributed by atoms with Crippen LogP contribution in [0, 0.1) is 17.8 Å². The SMILES string of the molecule is COO/C=N\[C@H](C(=O)N1CCC[C@H]1c1nc2cc(C#Cc3ccc(-c4c[nH]c([C@@H]5CCCN5C(=O)[C@@H](NC(=O)OC)c5ccccc5)n4)cc3)ccc2[nH]1)C(C)C. The third kappa shape index (κ3) is 8.69. The van der Waals surface area contributed by atoms with Crippen molar-refractivity contribution in [3.8, 4) is 23.1 Å². The lowest BCUT2D eigenvalue weighted by Gasteiger charge is -2.28. The van der Waals surface area contributed by atoms with E-state index < -0.39 is 18.2 Å². The van der Waals surface area contributed by atoms with Crippen LogP contribution >= 0.6 is 0 Å². The standard InChI is InChI=1S/C43H46N8O6/c1-27(2)37(45-26-57-56-4)41(52)51-23-9-13-36(51)40-46-32-21-18-29(24-33(32)47-40)15-14-28-16-19-30(20-17-28)34-25-44-39(48-34)35-12-8-22-50(35)42(53)38(49-43(54)55-3)31-10-6-5-7-11-31/h5-7,10-11,16-21,24-27,35-38H,8-9,12-13,22-23H2,1-4H3,(H,44,48)(H,46,47)(H,49,54)/b45-26-/t35-,36-,37-,38-/m0/s1. The van der Waals surface area contributed by atoms with E-state index in [1.165, 1.54) is 20.6 Å². The van der Waals surface area contributed by atoms with Crippen LogP contribution in [0.1, 0.15) is 86.0 Å². The van der Waals surface area contributed by atoms with E-state index in [9.17, 15) is 14.4 Å². The number of fused-ring (bicyclic) bond motifs is 1. The van der Waals surface area contributed by atoms with E-state index in [2.05, 4.69) is 37.0 Å². The number of alkyl carbamates (subject to hydrolysis) is 1. The molecule has 0 bridgehead atoms. The van der Waals surface area contributed by atoms with Gasteiger partial charge in [0.2, 0.25) is 12.3 Å². The zero-order valence-corrected chi connectivity index (χ0v) is 32.4. The number of amides is 3. The molecular formula is C43H46N8O6. The third-order valence-corrected chi connectivity index (χ3v) is 10.4. The van der Waals surface area contributed by atoms with Crippen LogP contribution in [0.5, 0.6) is 0 Å². The van der Waals surface area contributed by atoms with Gasteiger partial charge < -0.3 is 34.7 Å². The molecule has 2 aliphatic rings. The Balaban J connectivity index is 1.02. The fourth-order valence-electron chi connectivity index (χ4n) is 7.51. The van der Waals surface area contributed by atoms with Gasteiger partial charge in [-0.3, -0.25) is 9.59 Å². The fourth-order valence-corrected chi connectivity index (χ4v) is 7.51. The molecule has 2 fully saturated rings. The monoisotopic (exact) mass is 770 g/mol. The van der Waals surface area contributed by atoms with Crippen LogP contribution < -0.4 is 5.32 Å². The molecule has 294 valence electrons. The second-order valence-electron chi connectivity index (χ2n) is 14.4. The topological polar surface area (TPSA) is 167 Å². The van der Waals surface area contributed by atoms with E-state index in [0.717, 1.165) is 64.9 Å². The summed E-state index contributed by atoms with van der Waals surface area (Å²) in [5, 5.41) is 2.70. The first-order chi connectivity index (χ1) is 27.7. The molecule has 7 rings (SSSR count). The Labute approximate surface area is 331 Å². The number of ether oxygens (including phenoxy) is 1. The maximum absolute atomic E-state index is 13.9. The van der Waals surface area contributed by atoms with Crippen LogP contribution in [0.25, 0.3) is 22.3 Å². The molecule has 0 unspecified atom stereocenters. The summed E-state index contributed by atoms with van der Waals surface area (Å²) in [5.74, 6) is 7.66. The van der Waals surface area contributed by atoms with Crippen LogP contribution in [0.15, 0.2) is 84.0 Å². The molecule has 0 spiro atoms. The number of carbonyl (C=O) groups is 3. The van der Waals surface area contributed by atoms with Crippen molar-refractivity contribution in [2.24, 2.45) is 10.9 Å². The van der Waals surface area contributed by atoms with Crippen molar-refractivity contribution in [3.05, 3.63) is 107 Å². The van der Waals surface area contributed by atoms with Crippen molar-refractivity contribution in [1.82, 2.24) is 35.1 Å². The number of hydrogen-bond donors (Lipinski definition) is 3. The first kappa shape index (κ1) is 38.8. The van der Waals surface area contributed by atoms with Crippen LogP contribution in [0.4, 0.5) is 4.79 Å². The Hall–Kier alpha value is -6.46. The Morgan fingerprint density at radius 2 is 1.56 bits per heavy atom. The molecule has 3 amide bonds. The average Bonchev–Trinajstić information content (AvgIpc) is 4.07. The predicted molar refractivity (Wildman–Crippen MR) is 213 cm³/mol. The quantitative estimate of drug-likeness (QED) is 0.0456. The number of nitrogens with zero attached hydrogens (tertiary/aromatic N) is 5. The molecule has 2 saturated heterocycles. The molecule has 4 atom stereocenters. The Bertz CT molecular complexity index is 2290. The zero-order valence-electron chi connectivity index (χ0n) is 32.4. The minimum Gasteiger partial charge on any atom is -0.453 e. The van der Waals surface area contributed by atoms with E-state index in [4.69, 9.17) is 19.6 Å². The summed E-state index contributed by atoms with van der Waals surface area (Å²) in [6.45, 7) is 5.10. The molecule has 2 aliphatic heterocycles. The lowest BCUT2D eigenvalue weighted by atomic mass is 10.0. The van der Waals surface area contributed by atoms with Crippen molar-refractivity contribution >= 4 is 35.3 Å². The molecular weight excluding hydrogens is 725 g/mol. The molecule has 3 aromatic carbocycles. The van der Waals surface area contributed by atoms with E-state index in [1.807, 2.05) is 97.7 Å². The number of nitrogens with one attached hydrogen (secondary N) is 3. The third-order valence-electron chi connectivity index (χ3n) is 10.4. The predicted octanol–water partition coefficient (Wildman–Crippen LogP) is 6.41. The Morgan fingerprint density at radius 1 is 0.877 bits per heavy atom. The number of aromatic nitrogens is 4. The molecule has 0 saturated carbocycles. The van der Waals surface area contributed by atoms with E-state index in [0.29, 0.717) is 24.5 Å². The van der Waals surface area contributed by atoms with Crippen molar-refractivity contribution < 1.29 is 28.9 Å². The highest BCUT2D eigenvalue weighted by molar-refractivity contribution is 5.87. The molecule has 3 N–H and O–H groups in total. The highest BCUT2D eigenvalue weighted by Gasteiger charge is 2.38. The van der Waals surface area contributed by atoms with Gasteiger partial charge in [-0.05, 0) is 67.5 Å². The number of aliphatic imine (C=N–C) groups is 1. The van der Waals surface area contributed by atoms with Crippen LogP contribution in [-0.2, 0) is 24.1 Å². The summed E-state index contributed by atoms with van der Waals surface area (Å²) in [6.07, 6.45) is 5.60. The summed E-state index contributed by atoms with van der Waals surface area (Å²) in [7, 11) is 2.67. The summed E-state index contributed by atoms with van der Waals surface area (Å²) >= 11 is 0. The molecule has 5 aromatic rings. The maximum atomic E-state index is 13.9. The zero-order chi connectivity index (χ0) is 39.9. The van der Waals surface area contributed by atoms with E-state index in [1.54, 1.807) is 4.90 Å². The summed E-state index contributed by atoms with van der Waals surface area (Å²) < 4.78 is 4.82. The molecule has 0 aliphatic carbocycles. The Kier molecular flexibility index (Phi) is 12.0. The first-order valence-corrected chi connectivity index (χ1v) is 19.1. The largest absolute Gasteiger partial charge is 0.453 e. The molecule has 57 heavy (non-hydrogen) atoms. The molecule has 4 heterocycles.